The highest BCUT2D eigenvalue weighted by Gasteiger charge is 2.47. The lowest BCUT2D eigenvalue weighted by Gasteiger charge is -2.35. The molecule has 4 aromatic rings. The fourth-order valence-corrected chi connectivity index (χ4v) is 7.28. The van der Waals surface area contributed by atoms with E-state index in [2.05, 4.69) is 29.8 Å². The van der Waals surface area contributed by atoms with Crippen LogP contribution in [0.25, 0.3) is 27.1 Å². The molecule has 232 valence electrons. The summed E-state index contributed by atoms with van der Waals surface area (Å²) in [4.78, 5) is 25.0. The van der Waals surface area contributed by atoms with E-state index < -0.39 is 27.0 Å². The average Bonchev–Trinajstić information content (AvgIpc) is 3.44. The molecule has 13 nitrogen and oxygen atoms in total. The minimum atomic E-state index is -4.09. The fourth-order valence-electron chi connectivity index (χ4n) is 5.17. The first-order valence-electron chi connectivity index (χ1n) is 14.0. The molecule has 44 heavy (non-hydrogen) atoms. The maximum atomic E-state index is 13.4. The third kappa shape index (κ3) is 5.70. The maximum absolute atomic E-state index is 13.4. The number of carbonyl (C=O) groups is 1. The van der Waals surface area contributed by atoms with Crippen LogP contribution in [-0.4, -0.2) is 93.7 Å². The number of hydrogen-bond donors (Lipinski definition) is 1. The van der Waals surface area contributed by atoms with E-state index in [9.17, 15) is 27.3 Å². The number of amides is 1. The number of nitriles is 1. The zero-order chi connectivity index (χ0) is 31.2. The second-order valence-electron chi connectivity index (χ2n) is 11.1. The molecule has 1 aliphatic carbocycles. The second-order valence-corrected chi connectivity index (χ2v) is 13.8. The van der Waals surface area contributed by atoms with Crippen molar-refractivity contribution in [2.45, 2.75) is 43.5 Å². The molecule has 0 spiro atoms. The summed E-state index contributed by atoms with van der Waals surface area (Å²) in [5.74, 6) is 0.330. The van der Waals surface area contributed by atoms with E-state index in [1.165, 1.54) is 23.0 Å². The largest absolute Gasteiger partial charge is 0.476 e. The molecule has 1 saturated heterocycles. The Morgan fingerprint density at radius 2 is 1.93 bits per heavy atom. The number of aromatic nitrogens is 5. The first kappa shape index (κ1) is 30.2. The number of nitrogens with zero attached hydrogens (tertiary/aromatic N) is 8. The van der Waals surface area contributed by atoms with Gasteiger partial charge in [0.05, 0.1) is 21.9 Å². The minimum absolute atomic E-state index is 0.0471. The Kier molecular flexibility index (Phi) is 7.94. The molecule has 1 aromatic carbocycles. The molecular formula is C27H29F2N9O4S2. The Hall–Kier alpha value is -3.85. The summed E-state index contributed by atoms with van der Waals surface area (Å²) in [7, 11) is -4.09. The van der Waals surface area contributed by atoms with Gasteiger partial charge in [0.25, 0.3) is 6.43 Å². The van der Waals surface area contributed by atoms with E-state index >= 15 is 0 Å². The van der Waals surface area contributed by atoms with Gasteiger partial charge in [-0.3, -0.25) is 14.3 Å². The predicted octanol–water partition coefficient (Wildman–Crippen LogP) is 2.88. The smallest absolute Gasteiger partial charge is 0.291 e. The second kappa shape index (κ2) is 11.6. The van der Waals surface area contributed by atoms with Crippen molar-refractivity contribution in [2.75, 3.05) is 39.3 Å². The van der Waals surface area contributed by atoms with E-state index in [-0.39, 0.29) is 40.0 Å². The number of fused-ring (bicyclic) bond motifs is 3. The van der Waals surface area contributed by atoms with Gasteiger partial charge in [-0.2, -0.15) is 9.98 Å². The van der Waals surface area contributed by atoms with Crippen molar-refractivity contribution < 1.29 is 26.7 Å². The quantitative estimate of drug-likeness (QED) is 0.272. The van der Waals surface area contributed by atoms with Crippen molar-refractivity contribution in [3.63, 3.8) is 0 Å². The van der Waals surface area contributed by atoms with Gasteiger partial charge in [-0.05, 0) is 25.0 Å². The number of ether oxygens (including phenoxy) is 1. The molecule has 0 bridgehead atoms. The fraction of sp³-hybridized carbons (Fsp3) is 0.481. The molecule has 6 rings (SSSR count). The standard InChI is InChI=1S/C27H29F2N9O4S2/c1-16(2)25(39)37-9-7-36(8-10-37)11-12-42-23-20-18-4-3-17(44(40,41)35-27(14-30)5-6-27)13-19(18)38(22(20)31-15-32-23)26-34-33-24(43-26)21(28)29/h3-4,13,15-16,21,35H,5-12H2,1-2H3. The van der Waals surface area contributed by atoms with E-state index in [1.54, 1.807) is 6.07 Å². The number of hydrogen-bond acceptors (Lipinski definition) is 11. The summed E-state index contributed by atoms with van der Waals surface area (Å²) in [6.07, 6.45) is -0.737. The van der Waals surface area contributed by atoms with Crippen LogP contribution in [-0.2, 0) is 14.8 Å². The van der Waals surface area contributed by atoms with Crippen molar-refractivity contribution in [2.24, 2.45) is 5.92 Å². The number of rotatable bonds is 10. The van der Waals surface area contributed by atoms with E-state index in [0.717, 1.165) is 0 Å². The molecule has 1 saturated carbocycles. The summed E-state index contributed by atoms with van der Waals surface area (Å²) >= 11 is 0.658. The van der Waals surface area contributed by atoms with Crippen LogP contribution < -0.4 is 9.46 Å². The maximum Gasteiger partial charge on any atom is 0.291 e. The molecule has 1 N–H and O–H groups in total. The molecule has 0 atom stereocenters. The Balaban J connectivity index is 1.32. The van der Waals surface area contributed by atoms with Gasteiger partial charge in [0.15, 0.2) is 10.7 Å². The number of sulfonamides is 1. The third-order valence-electron chi connectivity index (χ3n) is 7.72. The van der Waals surface area contributed by atoms with Gasteiger partial charge in [-0.25, -0.2) is 27.2 Å². The molecule has 1 amide bonds. The van der Waals surface area contributed by atoms with Gasteiger partial charge in [-0.15, -0.1) is 10.2 Å². The van der Waals surface area contributed by atoms with E-state index in [0.29, 0.717) is 73.2 Å². The Morgan fingerprint density at radius 1 is 1.18 bits per heavy atom. The first-order valence-corrected chi connectivity index (χ1v) is 16.3. The zero-order valence-corrected chi connectivity index (χ0v) is 25.5. The molecule has 2 fully saturated rings. The van der Waals surface area contributed by atoms with Gasteiger partial charge in [0.1, 0.15) is 18.5 Å². The van der Waals surface area contributed by atoms with Gasteiger partial charge >= 0.3 is 0 Å². The van der Waals surface area contributed by atoms with Crippen LogP contribution in [0.15, 0.2) is 29.4 Å². The predicted molar refractivity (Wildman–Crippen MR) is 156 cm³/mol. The number of piperazine rings is 1. The highest BCUT2D eigenvalue weighted by atomic mass is 32.2. The molecule has 17 heteroatoms. The molecule has 4 heterocycles. The minimum Gasteiger partial charge on any atom is -0.476 e. The van der Waals surface area contributed by atoms with Gasteiger partial charge in [0, 0.05) is 44.0 Å². The summed E-state index contributed by atoms with van der Waals surface area (Å²) < 4.78 is 63.4. The lowest BCUT2D eigenvalue weighted by molar-refractivity contribution is -0.136. The Labute approximate surface area is 255 Å². The molecule has 2 aliphatic rings. The van der Waals surface area contributed by atoms with Crippen molar-refractivity contribution >= 4 is 49.2 Å². The van der Waals surface area contributed by atoms with E-state index in [4.69, 9.17) is 4.74 Å². The molecule has 3 aromatic heterocycles. The van der Waals surface area contributed by atoms with Crippen LogP contribution in [0.5, 0.6) is 5.88 Å². The molecular weight excluding hydrogens is 616 g/mol. The normalized spacial score (nSPS) is 17.1. The number of benzene rings is 1. The van der Waals surface area contributed by atoms with Crippen LogP contribution in [0.4, 0.5) is 8.78 Å². The summed E-state index contributed by atoms with van der Waals surface area (Å²) in [5, 5.41) is 17.5. The lowest BCUT2D eigenvalue weighted by atomic mass is 10.1. The first-order chi connectivity index (χ1) is 21.0. The van der Waals surface area contributed by atoms with E-state index in [1.807, 2.05) is 24.8 Å². The number of alkyl halides is 2. The van der Waals surface area contributed by atoms with Crippen molar-refractivity contribution in [1.29, 1.82) is 5.26 Å². The lowest BCUT2D eigenvalue weighted by Crippen LogP contribution is -2.50. The molecule has 0 unspecified atom stereocenters. The van der Waals surface area contributed by atoms with Gasteiger partial charge < -0.3 is 9.64 Å². The van der Waals surface area contributed by atoms with Crippen molar-refractivity contribution in [1.82, 2.24) is 39.3 Å². The van der Waals surface area contributed by atoms with Crippen LogP contribution in [0.1, 0.15) is 38.1 Å². The van der Waals surface area contributed by atoms with Gasteiger partial charge in [-0.1, -0.05) is 31.3 Å². The SMILES string of the molecule is CC(C)C(=O)N1CCN(CCOc2ncnc3c2c2ccc(S(=O)(=O)NC4(C#N)CC4)cc2n3-c2nnc(C(F)F)s2)CC1. The highest BCUT2D eigenvalue weighted by Crippen LogP contribution is 2.39. The zero-order valence-electron chi connectivity index (χ0n) is 23.9. The number of carbonyl (C=O) groups excluding carboxylic acids is 1. The van der Waals surface area contributed by atoms with Crippen LogP contribution in [0.3, 0.4) is 0 Å². The Bertz CT molecular complexity index is 1870. The molecule has 0 radical (unpaired) electrons. The monoisotopic (exact) mass is 645 g/mol. The summed E-state index contributed by atoms with van der Waals surface area (Å²) in [6, 6.07) is 6.38. The molecule has 1 aliphatic heterocycles. The van der Waals surface area contributed by atoms with Crippen LogP contribution in [0.2, 0.25) is 0 Å². The highest BCUT2D eigenvalue weighted by molar-refractivity contribution is 7.89. The summed E-state index contributed by atoms with van der Waals surface area (Å²) in [5.41, 5.74) is -0.534. The van der Waals surface area contributed by atoms with Crippen LogP contribution in [0, 0.1) is 17.2 Å². The van der Waals surface area contributed by atoms with Crippen molar-refractivity contribution in [3.05, 3.63) is 29.5 Å². The number of halogens is 2. The van der Waals surface area contributed by atoms with Gasteiger partial charge in [0.2, 0.25) is 26.9 Å². The summed E-state index contributed by atoms with van der Waals surface area (Å²) in [6.45, 7) is 7.33. The average molecular weight is 646 g/mol. The van der Waals surface area contributed by atoms with Crippen LogP contribution >= 0.6 is 11.3 Å². The third-order valence-corrected chi connectivity index (χ3v) is 10.2. The number of nitrogens with one attached hydrogen (secondary N) is 1. The Morgan fingerprint density at radius 3 is 2.57 bits per heavy atom. The van der Waals surface area contributed by atoms with Crippen molar-refractivity contribution in [3.8, 4) is 17.1 Å². The topological polar surface area (TPSA) is 159 Å².